The first-order valence-electron chi connectivity index (χ1n) is 5.89. The average Bonchev–Trinajstić information content (AvgIpc) is 2.57. The van der Waals surface area contributed by atoms with E-state index in [1.54, 1.807) is 0 Å². The zero-order valence-corrected chi connectivity index (χ0v) is 10.4. The summed E-state index contributed by atoms with van der Waals surface area (Å²) in [6, 6.07) is 0. The molecule has 1 saturated heterocycles. The van der Waals surface area contributed by atoms with Crippen LogP contribution < -0.4 is 10.6 Å². The van der Waals surface area contributed by atoms with Crippen molar-refractivity contribution in [2.75, 3.05) is 43.9 Å². The van der Waals surface area contributed by atoms with E-state index in [1.165, 1.54) is 0 Å². The summed E-state index contributed by atoms with van der Waals surface area (Å²) >= 11 is 0. The molecule has 16 heavy (non-hydrogen) atoms. The quantitative estimate of drug-likeness (QED) is 0.795. The summed E-state index contributed by atoms with van der Waals surface area (Å²) in [7, 11) is 2.16. The van der Waals surface area contributed by atoms with Crippen LogP contribution in [0, 0.1) is 6.92 Å². The van der Waals surface area contributed by atoms with Crippen LogP contribution >= 0.6 is 0 Å². The summed E-state index contributed by atoms with van der Waals surface area (Å²) in [5.74, 6) is 1.10. The van der Waals surface area contributed by atoms with Crippen molar-refractivity contribution in [1.82, 2.24) is 14.7 Å². The Morgan fingerprint density at radius 2 is 1.88 bits per heavy atom. The Balaban J connectivity index is 2.25. The molecule has 90 valence electrons. The van der Waals surface area contributed by atoms with Gasteiger partial charge in [0.1, 0.15) is 0 Å². The molecule has 5 nitrogen and oxygen atoms in total. The van der Waals surface area contributed by atoms with Gasteiger partial charge in [0.2, 0.25) is 0 Å². The van der Waals surface area contributed by atoms with Crippen molar-refractivity contribution in [1.29, 1.82) is 0 Å². The molecular formula is C11H21N5. The highest BCUT2D eigenvalue weighted by molar-refractivity contribution is 5.66. The van der Waals surface area contributed by atoms with Crippen LogP contribution in [0.5, 0.6) is 0 Å². The molecule has 1 aromatic rings. The molecule has 0 radical (unpaired) electrons. The largest absolute Gasteiger partial charge is 0.394 e. The highest BCUT2D eigenvalue weighted by Crippen LogP contribution is 2.27. The van der Waals surface area contributed by atoms with Gasteiger partial charge in [-0.15, -0.1) is 0 Å². The van der Waals surface area contributed by atoms with Crippen molar-refractivity contribution in [2.24, 2.45) is 0 Å². The number of nitrogens with zero attached hydrogens (tertiary/aromatic N) is 4. The predicted molar refractivity (Wildman–Crippen MR) is 66.8 cm³/mol. The van der Waals surface area contributed by atoms with Crippen molar-refractivity contribution >= 4 is 11.5 Å². The van der Waals surface area contributed by atoms with Crippen molar-refractivity contribution in [3.05, 3.63) is 5.69 Å². The smallest absolute Gasteiger partial charge is 0.150 e. The van der Waals surface area contributed by atoms with E-state index < -0.39 is 0 Å². The Labute approximate surface area is 96.8 Å². The van der Waals surface area contributed by atoms with Gasteiger partial charge in [0, 0.05) is 32.7 Å². The normalized spacial score (nSPS) is 18.1. The number of anilines is 2. The third-order valence-corrected chi connectivity index (χ3v) is 3.25. The van der Waals surface area contributed by atoms with E-state index in [0.29, 0.717) is 0 Å². The summed E-state index contributed by atoms with van der Waals surface area (Å²) in [6.07, 6.45) is 0. The molecule has 0 aromatic carbocycles. The number of aromatic nitrogens is 2. The zero-order valence-electron chi connectivity index (χ0n) is 10.4. The monoisotopic (exact) mass is 223 g/mol. The lowest BCUT2D eigenvalue weighted by Crippen LogP contribution is -2.45. The fourth-order valence-electron chi connectivity index (χ4n) is 2.16. The summed E-state index contributed by atoms with van der Waals surface area (Å²) in [4.78, 5) is 4.69. The number of hydrogen-bond donors (Lipinski definition) is 1. The molecule has 2 N–H and O–H groups in total. The van der Waals surface area contributed by atoms with Gasteiger partial charge in [0.15, 0.2) is 5.82 Å². The van der Waals surface area contributed by atoms with E-state index in [0.717, 1.165) is 49.9 Å². The Morgan fingerprint density at radius 3 is 2.44 bits per heavy atom. The lowest BCUT2D eigenvalue weighted by atomic mass is 10.3. The Kier molecular flexibility index (Phi) is 3.05. The molecule has 1 fully saturated rings. The van der Waals surface area contributed by atoms with Gasteiger partial charge in [-0.3, -0.25) is 0 Å². The maximum absolute atomic E-state index is 6.11. The van der Waals surface area contributed by atoms with E-state index in [4.69, 9.17) is 5.73 Å². The van der Waals surface area contributed by atoms with E-state index in [2.05, 4.69) is 28.9 Å². The van der Waals surface area contributed by atoms with Crippen LogP contribution in [-0.4, -0.2) is 47.9 Å². The van der Waals surface area contributed by atoms with E-state index >= 15 is 0 Å². The van der Waals surface area contributed by atoms with Gasteiger partial charge in [-0.2, -0.15) is 5.10 Å². The summed E-state index contributed by atoms with van der Waals surface area (Å²) < 4.78 is 2.01. The van der Waals surface area contributed by atoms with Crippen LogP contribution in [-0.2, 0) is 6.54 Å². The van der Waals surface area contributed by atoms with Crippen LogP contribution in [0.2, 0.25) is 0 Å². The van der Waals surface area contributed by atoms with Crippen LogP contribution in [0.25, 0.3) is 0 Å². The average molecular weight is 223 g/mol. The molecule has 0 amide bonds. The molecule has 0 atom stereocenters. The molecule has 0 aliphatic carbocycles. The lowest BCUT2D eigenvalue weighted by Gasteiger charge is -2.34. The predicted octanol–water partition coefficient (Wildman–Crippen LogP) is 0.545. The SMILES string of the molecule is CCn1nc(C)c(N)c1N1CCN(C)CC1. The fourth-order valence-corrected chi connectivity index (χ4v) is 2.16. The Hall–Kier alpha value is -1.23. The van der Waals surface area contributed by atoms with Crippen molar-refractivity contribution in [3.8, 4) is 0 Å². The fraction of sp³-hybridized carbons (Fsp3) is 0.727. The minimum absolute atomic E-state index is 0.839. The Morgan fingerprint density at radius 1 is 1.25 bits per heavy atom. The Bertz CT molecular complexity index is 363. The number of aryl methyl sites for hydroxylation is 2. The van der Waals surface area contributed by atoms with E-state index in [-0.39, 0.29) is 0 Å². The van der Waals surface area contributed by atoms with Gasteiger partial charge in [0.25, 0.3) is 0 Å². The molecule has 0 bridgehead atoms. The number of hydrogen-bond acceptors (Lipinski definition) is 4. The third kappa shape index (κ3) is 1.87. The number of likely N-dealkylation sites (N-methyl/N-ethyl adjacent to an activating group) is 1. The van der Waals surface area contributed by atoms with E-state index in [1.807, 2.05) is 11.6 Å². The van der Waals surface area contributed by atoms with Crippen LogP contribution in [0.4, 0.5) is 11.5 Å². The summed E-state index contributed by atoms with van der Waals surface area (Å²) in [6.45, 7) is 9.20. The third-order valence-electron chi connectivity index (χ3n) is 3.25. The maximum atomic E-state index is 6.11. The molecular weight excluding hydrogens is 202 g/mol. The number of piperazine rings is 1. The topological polar surface area (TPSA) is 50.3 Å². The minimum atomic E-state index is 0.839. The van der Waals surface area contributed by atoms with Crippen molar-refractivity contribution in [3.63, 3.8) is 0 Å². The van der Waals surface area contributed by atoms with Crippen LogP contribution in [0.3, 0.4) is 0 Å². The molecule has 1 aliphatic rings. The highest BCUT2D eigenvalue weighted by Gasteiger charge is 2.21. The van der Waals surface area contributed by atoms with Gasteiger partial charge in [-0.25, -0.2) is 4.68 Å². The first-order chi connectivity index (χ1) is 7.63. The maximum Gasteiger partial charge on any atom is 0.150 e. The van der Waals surface area contributed by atoms with Gasteiger partial charge >= 0.3 is 0 Å². The molecule has 2 rings (SSSR count). The van der Waals surface area contributed by atoms with Crippen molar-refractivity contribution in [2.45, 2.75) is 20.4 Å². The van der Waals surface area contributed by atoms with E-state index in [9.17, 15) is 0 Å². The lowest BCUT2D eigenvalue weighted by molar-refractivity contribution is 0.310. The number of rotatable bonds is 2. The standard InChI is InChI=1S/C11H21N5/c1-4-16-11(10(12)9(2)13-16)15-7-5-14(3)6-8-15/h4-8,12H2,1-3H3. The van der Waals surface area contributed by atoms with Crippen molar-refractivity contribution < 1.29 is 0 Å². The highest BCUT2D eigenvalue weighted by atomic mass is 15.4. The number of nitrogen functional groups attached to an aromatic ring is 1. The van der Waals surface area contributed by atoms with Gasteiger partial charge in [0.05, 0.1) is 11.4 Å². The first kappa shape index (κ1) is 11.3. The second-order valence-electron chi connectivity index (χ2n) is 4.43. The van der Waals surface area contributed by atoms with Crippen LogP contribution in [0.15, 0.2) is 0 Å². The second kappa shape index (κ2) is 4.33. The molecule has 0 saturated carbocycles. The van der Waals surface area contributed by atoms with Crippen LogP contribution in [0.1, 0.15) is 12.6 Å². The van der Waals surface area contributed by atoms with Gasteiger partial charge < -0.3 is 15.5 Å². The molecule has 1 aliphatic heterocycles. The zero-order chi connectivity index (χ0) is 11.7. The number of nitrogens with two attached hydrogens (primary N) is 1. The molecule has 5 heteroatoms. The molecule has 0 unspecified atom stereocenters. The molecule has 0 spiro atoms. The molecule has 2 heterocycles. The van der Waals surface area contributed by atoms with Gasteiger partial charge in [-0.1, -0.05) is 0 Å². The second-order valence-corrected chi connectivity index (χ2v) is 4.43. The summed E-state index contributed by atoms with van der Waals surface area (Å²) in [5.41, 5.74) is 7.89. The molecule has 1 aromatic heterocycles. The van der Waals surface area contributed by atoms with Gasteiger partial charge in [-0.05, 0) is 20.9 Å². The minimum Gasteiger partial charge on any atom is -0.394 e. The summed E-state index contributed by atoms with van der Waals surface area (Å²) in [5, 5.41) is 4.46. The first-order valence-corrected chi connectivity index (χ1v) is 5.89.